The van der Waals surface area contributed by atoms with E-state index in [1.165, 1.54) is 0 Å². The van der Waals surface area contributed by atoms with Crippen LogP contribution in [0.3, 0.4) is 0 Å². The molecule has 0 amide bonds. The summed E-state index contributed by atoms with van der Waals surface area (Å²) in [5, 5.41) is 12.5. The third-order valence-corrected chi connectivity index (χ3v) is 5.51. The smallest absolute Gasteiger partial charge is 0.261 e. The molecule has 0 radical (unpaired) electrons. The minimum absolute atomic E-state index is 0.229. The van der Waals surface area contributed by atoms with Crippen molar-refractivity contribution in [3.05, 3.63) is 72.1 Å². The van der Waals surface area contributed by atoms with E-state index >= 15 is 0 Å². The SMILES string of the molecule is Cc1cccc(S(=O)(=O)Nc2cccc(-c3ccc4nnc(C)n4n3)c2)c1. The second-order valence-electron chi connectivity index (χ2n) is 6.24. The zero-order valence-corrected chi connectivity index (χ0v) is 15.6. The van der Waals surface area contributed by atoms with Crippen LogP contribution in [-0.2, 0) is 10.0 Å². The highest BCUT2D eigenvalue weighted by atomic mass is 32.2. The van der Waals surface area contributed by atoms with Crippen LogP contribution in [0.15, 0.2) is 65.6 Å². The average molecular weight is 379 g/mol. The molecule has 136 valence electrons. The Morgan fingerprint density at radius 1 is 0.926 bits per heavy atom. The van der Waals surface area contributed by atoms with Crippen LogP contribution in [0.2, 0.25) is 0 Å². The van der Waals surface area contributed by atoms with Gasteiger partial charge >= 0.3 is 0 Å². The first-order valence-electron chi connectivity index (χ1n) is 8.31. The molecule has 0 spiro atoms. The van der Waals surface area contributed by atoms with Gasteiger partial charge in [0.05, 0.1) is 10.6 Å². The number of rotatable bonds is 4. The standard InChI is InChI=1S/C19H17N5O2S/c1-13-5-3-8-17(11-13)27(25,26)23-16-7-4-6-15(12-16)18-9-10-19-21-20-14(2)24(19)22-18/h3-12,23H,1-2H3. The number of benzene rings is 2. The Hall–Kier alpha value is -3.26. The lowest BCUT2D eigenvalue weighted by atomic mass is 10.1. The Morgan fingerprint density at radius 2 is 1.74 bits per heavy atom. The molecule has 8 heteroatoms. The average Bonchev–Trinajstić information content (AvgIpc) is 3.02. The lowest BCUT2D eigenvalue weighted by Crippen LogP contribution is -2.13. The molecule has 0 aliphatic rings. The minimum Gasteiger partial charge on any atom is -0.280 e. The fraction of sp³-hybridized carbons (Fsp3) is 0.105. The summed E-state index contributed by atoms with van der Waals surface area (Å²) in [5.41, 5.74) is 3.49. The third-order valence-electron chi connectivity index (χ3n) is 4.13. The Balaban J connectivity index is 1.68. The maximum atomic E-state index is 12.6. The van der Waals surface area contributed by atoms with Crippen molar-refractivity contribution in [2.45, 2.75) is 18.7 Å². The number of aromatic nitrogens is 4. The Labute approximate surface area is 156 Å². The Morgan fingerprint density at radius 3 is 2.56 bits per heavy atom. The molecule has 2 aromatic carbocycles. The number of sulfonamides is 1. The summed E-state index contributed by atoms with van der Waals surface area (Å²) in [7, 11) is -3.66. The van der Waals surface area contributed by atoms with Gasteiger partial charge in [-0.15, -0.1) is 10.2 Å². The molecule has 2 aromatic heterocycles. The first-order valence-corrected chi connectivity index (χ1v) is 9.80. The lowest BCUT2D eigenvalue weighted by Gasteiger charge is -2.10. The monoisotopic (exact) mass is 379 g/mol. The highest BCUT2D eigenvalue weighted by molar-refractivity contribution is 7.92. The summed E-state index contributed by atoms with van der Waals surface area (Å²) in [6, 6.07) is 17.6. The highest BCUT2D eigenvalue weighted by Gasteiger charge is 2.15. The predicted molar refractivity (Wildman–Crippen MR) is 103 cm³/mol. The second-order valence-corrected chi connectivity index (χ2v) is 7.92. The van der Waals surface area contributed by atoms with Gasteiger partial charge in [-0.05, 0) is 55.8 Å². The molecule has 0 saturated carbocycles. The Kier molecular flexibility index (Phi) is 4.12. The van der Waals surface area contributed by atoms with E-state index in [0.717, 1.165) is 11.1 Å². The maximum Gasteiger partial charge on any atom is 0.261 e. The van der Waals surface area contributed by atoms with Crippen molar-refractivity contribution in [1.82, 2.24) is 19.8 Å². The lowest BCUT2D eigenvalue weighted by molar-refractivity contribution is 0.601. The van der Waals surface area contributed by atoms with Crippen molar-refractivity contribution >= 4 is 21.4 Å². The van der Waals surface area contributed by atoms with Gasteiger partial charge in [0.15, 0.2) is 11.5 Å². The number of nitrogens with one attached hydrogen (secondary N) is 1. The van der Waals surface area contributed by atoms with Crippen molar-refractivity contribution in [3.8, 4) is 11.3 Å². The number of hydrogen-bond donors (Lipinski definition) is 1. The molecule has 0 aliphatic carbocycles. The van der Waals surface area contributed by atoms with E-state index in [2.05, 4.69) is 20.0 Å². The molecule has 1 N–H and O–H groups in total. The predicted octanol–water partition coefficient (Wildman–Crippen LogP) is 3.21. The number of fused-ring (bicyclic) bond motifs is 1. The van der Waals surface area contributed by atoms with Gasteiger partial charge in [-0.3, -0.25) is 4.72 Å². The van der Waals surface area contributed by atoms with Gasteiger partial charge < -0.3 is 0 Å². The van der Waals surface area contributed by atoms with E-state index < -0.39 is 10.0 Å². The topological polar surface area (TPSA) is 89.2 Å². The molecule has 7 nitrogen and oxygen atoms in total. The van der Waals surface area contributed by atoms with Gasteiger partial charge in [-0.2, -0.15) is 9.61 Å². The molecule has 0 unspecified atom stereocenters. The summed E-state index contributed by atoms with van der Waals surface area (Å²) < 4.78 is 29.6. The van der Waals surface area contributed by atoms with E-state index in [0.29, 0.717) is 22.9 Å². The summed E-state index contributed by atoms with van der Waals surface area (Å²) in [5.74, 6) is 0.683. The molecule has 27 heavy (non-hydrogen) atoms. The van der Waals surface area contributed by atoms with Crippen LogP contribution in [0, 0.1) is 13.8 Å². The van der Waals surface area contributed by atoms with Crippen molar-refractivity contribution < 1.29 is 8.42 Å². The molecule has 0 atom stereocenters. The van der Waals surface area contributed by atoms with Gasteiger partial charge in [-0.1, -0.05) is 24.3 Å². The maximum absolute atomic E-state index is 12.6. The van der Waals surface area contributed by atoms with E-state index in [9.17, 15) is 8.42 Å². The molecule has 0 fully saturated rings. The van der Waals surface area contributed by atoms with Crippen molar-refractivity contribution in [2.75, 3.05) is 4.72 Å². The van der Waals surface area contributed by atoms with E-state index in [1.54, 1.807) is 40.9 Å². The van der Waals surface area contributed by atoms with Crippen LogP contribution in [0.25, 0.3) is 16.9 Å². The van der Waals surface area contributed by atoms with Gasteiger partial charge in [-0.25, -0.2) is 8.42 Å². The summed E-state index contributed by atoms with van der Waals surface area (Å²) in [6.07, 6.45) is 0. The number of nitrogens with zero attached hydrogens (tertiary/aromatic N) is 4. The number of anilines is 1. The molecular formula is C19H17N5O2S. The van der Waals surface area contributed by atoms with Crippen LogP contribution in [0.4, 0.5) is 5.69 Å². The van der Waals surface area contributed by atoms with Crippen molar-refractivity contribution in [3.63, 3.8) is 0 Å². The van der Waals surface area contributed by atoms with E-state index in [4.69, 9.17) is 0 Å². The van der Waals surface area contributed by atoms with Crippen molar-refractivity contribution in [1.29, 1.82) is 0 Å². The van der Waals surface area contributed by atoms with E-state index in [-0.39, 0.29) is 4.90 Å². The first-order chi connectivity index (χ1) is 12.9. The largest absolute Gasteiger partial charge is 0.280 e. The molecule has 0 saturated heterocycles. The normalized spacial score (nSPS) is 11.6. The zero-order chi connectivity index (χ0) is 19.0. The zero-order valence-electron chi connectivity index (χ0n) is 14.8. The quantitative estimate of drug-likeness (QED) is 0.588. The fourth-order valence-electron chi connectivity index (χ4n) is 2.79. The van der Waals surface area contributed by atoms with Gasteiger partial charge in [0.2, 0.25) is 0 Å². The molecule has 0 bridgehead atoms. The van der Waals surface area contributed by atoms with Gasteiger partial charge in [0.25, 0.3) is 10.0 Å². The number of aryl methyl sites for hydroxylation is 2. The van der Waals surface area contributed by atoms with Gasteiger partial charge in [0, 0.05) is 11.3 Å². The van der Waals surface area contributed by atoms with Crippen LogP contribution < -0.4 is 4.72 Å². The molecule has 4 aromatic rings. The summed E-state index contributed by atoms with van der Waals surface area (Å²) in [4.78, 5) is 0.229. The van der Waals surface area contributed by atoms with Crippen LogP contribution >= 0.6 is 0 Å². The molecule has 4 rings (SSSR count). The second kappa shape index (κ2) is 6.48. The Bertz CT molecular complexity index is 1250. The van der Waals surface area contributed by atoms with E-state index in [1.807, 2.05) is 38.1 Å². The summed E-state index contributed by atoms with van der Waals surface area (Å²) >= 11 is 0. The third kappa shape index (κ3) is 3.39. The minimum atomic E-state index is -3.66. The van der Waals surface area contributed by atoms with Crippen molar-refractivity contribution in [2.24, 2.45) is 0 Å². The molecule has 2 heterocycles. The fourth-order valence-corrected chi connectivity index (χ4v) is 3.94. The summed E-state index contributed by atoms with van der Waals surface area (Å²) in [6.45, 7) is 3.68. The van der Waals surface area contributed by atoms with Crippen LogP contribution in [0.5, 0.6) is 0 Å². The number of hydrogen-bond acceptors (Lipinski definition) is 5. The van der Waals surface area contributed by atoms with Crippen LogP contribution in [0.1, 0.15) is 11.4 Å². The highest BCUT2D eigenvalue weighted by Crippen LogP contribution is 2.23. The molecule has 0 aliphatic heterocycles. The molecular weight excluding hydrogens is 362 g/mol. The van der Waals surface area contributed by atoms with Crippen LogP contribution in [-0.4, -0.2) is 28.2 Å². The van der Waals surface area contributed by atoms with Gasteiger partial charge in [0.1, 0.15) is 0 Å². The first kappa shape index (κ1) is 17.2.